The Morgan fingerprint density at radius 2 is 2.08 bits per heavy atom. The van der Waals surface area contributed by atoms with Crippen molar-refractivity contribution in [2.45, 2.75) is 25.3 Å². The number of hydrogen-bond donors (Lipinski definition) is 2. The van der Waals surface area contributed by atoms with Crippen LogP contribution < -0.4 is 15.5 Å². The van der Waals surface area contributed by atoms with Gasteiger partial charge in [-0.15, -0.1) is 35.3 Å². The highest BCUT2D eigenvalue weighted by Gasteiger charge is 2.22. The molecule has 24 heavy (non-hydrogen) atoms. The predicted octanol–water partition coefficient (Wildman–Crippen LogP) is 2.45. The normalized spacial score (nSPS) is 23.2. The first-order valence-electron chi connectivity index (χ1n) is 8.69. The number of aliphatic imine (C=N–C) groups is 1. The molecule has 2 aliphatic rings. The van der Waals surface area contributed by atoms with Gasteiger partial charge in [-0.2, -0.15) is 0 Å². The minimum atomic E-state index is 0. The van der Waals surface area contributed by atoms with Crippen molar-refractivity contribution >= 4 is 46.3 Å². The van der Waals surface area contributed by atoms with E-state index >= 15 is 0 Å². The summed E-state index contributed by atoms with van der Waals surface area (Å²) in [5.74, 6) is 1.72. The van der Waals surface area contributed by atoms with Crippen molar-refractivity contribution in [1.29, 1.82) is 0 Å². The van der Waals surface area contributed by atoms with Crippen LogP contribution in [0.25, 0.3) is 0 Å². The summed E-state index contributed by atoms with van der Waals surface area (Å²) in [7, 11) is 4.07. The number of thiophene rings is 1. The Kier molecular flexibility index (Phi) is 8.09. The molecule has 1 atom stereocenters. The van der Waals surface area contributed by atoms with Gasteiger partial charge in [0.1, 0.15) is 0 Å². The van der Waals surface area contributed by atoms with Crippen LogP contribution in [0.2, 0.25) is 0 Å². The summed E-state index contributed by atoms with van der Waals surface area (Å²) in [5.41, 5.74) is 0. The third kappa shape index (κ3) is 5.49. The number of nitrogens with zero attached hydrogens (tertiary/aromatic N) is 3. The molecule has 136 valence electrons. The molecular formula is C17H30IN5S. The monoisotopic (exact) mass is 463 g/mol. The summed E-state index contributed by atoms with van der Waals surface area (Å²) in [6.45, 7) is 5.70. The van der Waals surface area contributed by atoms with Crippen LogP contribution in [0.15, 0.2) is 22.5 Å². The fourth-order valence-electron chi connectivity index (χ4n) is 3.52. The number of hydrogen-bond acceptors (Lipinski definition) is 4. The zero-order chi connectivity index (χ0) is 16.1. The second kappa shape index (κ2) is 9.82. The number of guanidine groups is 1. The lowest BCUT2D eigenvalue weighted by Crippen LogP contribution is -2.49. The first kappa shape index (κ1) is 19.8. The number of likely N-dealkylation sites (tertiary alicyclic amines) is 1. The van der Waals surface area contributed by atoms with E-state index in [1.54, 1.807) is 0 Å². The molecule has 2 fully saturated rings. The van der Waals surface area contributed by atoms with Crippen molar-refractivity contribution in [3.8, 4) is 0 Å². The molecular weight excluding hydrogens is 433 g/mol. The van der Waals surface area contributed by atoms with Crippen LogP contribution in [0.4, 0.5) is 5.00 Å². The van der Waals surface area contributed by atoms with Gasteiger partial charge in [0.2, 0.25) is 0 Å². The summed E-state index contributed by atoms with van der Waals surface area (Å²) in [6, 6.07) is 4.89. The average molecular weight is 463 g/mol. The van der Waals surface area contributed by atoms with Gasteiger partial charge in [0.25, 0.3) is 0 Å². The molecule has 1 aromatic heterocycles. The predicted molar refractivity (Wildman–Crippen MR) is 115 cm³/mol. The van der Waals surface area contributed by atoms with Crippen molar-refractivity contribution in [2.24, 2.45) is 10.9 Å². The molecule has 1 aromatic rings. The number of nitrogens with one attached hydrogen (secondary N) is 2. The van der Waals surface area contributed by atoms with Gasteiger partial charge < -0.3 is 20.4 Å². The minimum absolute atomic E-state index is 0. The van der Waals surface area contributed by atoms with Crippen LogP contribution in [0, 0.1) is 5.92 Å². The van der Waals surface area contributed by atoms with Crippen molar-refractivity contribution in [1.82, 2.24) is 15.5 Å². The topological polar surface area (TPSA) is 42.9 Å². The highest BCUT2D eigenvalue weighted by atomic mass is 127. The van der Waals surface area contributed by atoms with Gasteiger partial charge >= 0.3 is 0 Å². The molecule has 1 unspecified atom stereocenters. The van der Waals surface area contributed by atoms with Gasteiger partial charge in [-0.1, -0.05) is 0 Å². The number of halogens is 1. The van der Waals surface area contributed by atoms with E-state index in [9.17, 15) is 0 Å². The lowest BCUT2D eigenvalue weighted by Gasteiger charge is -2.33. The lowest BCUT2D eigenvalue weighted by atomic mass is 10.1. The van der Waals surface area contributed by atoms with E-state index in [0.29, 0.717) is 6.04 Å². The first-order chi connectivity index (χ1) is 11.2. The van der Waals surface area contributed by atoms with E-state index in [1.165, 1.54) is 37.4 Å². The summed E-state index contributed by atoms with van der Waals surface area (Å²) in [5, 5.41) is 10.7. The molecule has 2 aliphatic heterocycles. The maximum absolute atomic E-state index is 4.40. The molecule has 3 heterocycles. The van der Waals surface area contributed by atoms with Crippen molar-refractivity contribution < 1.29 is 0 Å². The van der Waals surface area contributed by atoms with Crippen molar-refractivity contribution in [3.63, 3.8) is 0 Å². The van der Waals surface area contributed by atoms with Gasteiger partial charge in [-0.05, 0) is 56.3 Å². The summed E-state index contributed by atoms with van der Waals surface area (Å²) in [4.78, 5) is 9.30. The molecule has 0 spiro atoms. The minimum Gasteiger partial charge on any atom is -0.363 e. The van der Waals surface area contributed by atoms with Crippen LogP contribution in [0.1, 0.15) is 19.3 Å². The Bertz CT molecular complexity index is 499. The van der Waals surface area contributed by atoms with Gasteiger partial charge in [0.15, 0.2) is 5.96 Å². The highest BCUT2D eigenvalue weighted by Crippen LogP contribution is 2.24. The Morgan fingerprint density at radius 3 is 2.67 bits per heavy atom. The lowest BCUT2D eigenvalue weighted by molar-refractivity contribution is 0.393. The van der Waals surface area contributed by atoms with Crippen LogP contribution >= 0.6 is 35.3 Å². The molecule has 2 N–H and O–H groups in total. The molecule has 0 aliphatic carbocycles. The first-order valence-corrected chi connectivity index (χ1v) is 9.56. The molecule has 0 saturated carbocycles. The molecule has 7 heteroatoms. The summed E-state index contributed by atoms with van der Waals surface area (Å²) >= 11 is 1.84. The quantitative estimate of drug-likeness (QED) is 0.409. The largest absolute Gasteiger partial charge is 0.363 e. The van der Waals surface area contributed by atoms with E-state index in [-0.39, 0.29) is 24.0 Å². The Balaban J connectivity index is 0.00000208. The molecule has 5 nitrogen and oxygen atoms in total. The van der Waals surface area contributed by atoms with Gasteiger partial charge in [-0.25, -0.2) is 0 Å². The molecule has 0 radical (unpaired) electrons. The third-order valence-corrected chi connectivity index (χ3v) is 5.85. The maximum atomic E-state index is 4.40. The Hall–Kier alpha value is -0.540. The van der Waals surface area contributed by atoms with Crippen molar-refractivity contribution in [2.75, 3.05) is 51.7 Å². The van der Waals surface area contributed by atoms with Gasteiger partial charge in [-0.3, -0.25) is 4.99 Å². The van der Waals surface area contributed by atoms with E-state index in [4.69, 9.17) is 0 Å². The van der Waals surface area contributed by atoms with Crippen LogP contribution in [0.5, 0.6) is 0 Å². The summed E-state index contributed by atoms with van der Waals surface area (Å²) in [6.07, 6.45) is 3.63. The standard InChI is InChI=1S/C17H29N5S.HI/c1-18-17(19-12-14-5-8-21(2)13-14)20-15-6-9-22(10-7-15)16-4-3-11-23-16;/h3-4,11,14-15H,5-10,12-13H2,1-2H3,(H2,18,19,20);1H. The average Bonchev–Trinajstić information content (AvgIpc) is 3.24. The number of rotatable bonds is 4. The summed E-state index contributed by atoms with van der Waals surface area (Å²) < 4.78 is 0. The SMILES string of the molecule is CN=C(NCC1CCN(C)C1)NC1CCN(c2cccs2)CC1.I. The zero-order valence-electron chi connectivity index (χ0n) is 14.7. The second-order valence-corrected chi connectivity index (χ2v) is 7.65. The maximum Gasteiger partial charge on any atom is 0.191 e. The fraction of sp³-hybridized carbons (Fsp3) is 0.706. The number of anilines is 1. The van der Waals surface area contributed by atoms with E-state index in [1.807, 2.05) is 18.4 Å². The van der Waals surface area contributed by atoms with Crippen molar-refractivity contribution in [3.05, 3.63) is 17.5 Å². The Morgan fingerprint density at radius 1 is 1.29 bits per heavy atom. The van der Waals surface area contributed by atoms with Crippen LogP contribution in [0.3, 0.4) is 0 Å². The smallest absolute Gasteiger partial charge is 0.191 e. The Labute approximate surface area is 166 Å². The van der Waals surface area contributed by atoms with Crippen LogP contribution in [-0.4, -0.2) is 63.7 Å². The van der Waals surface area contributed by atoms with E-state index < -0.39 is 0 Å². The zero-order valence-corrected chi connectivity index (χ0v) is 17.8. The van der Waals surface area contributed by atoms with E-state index in [0.717, 1.165) is 31.5 Å². The molecule has 0 aromatic carbocycles. The fourth-order valence-corrected chi connectivity index (χ4v) is 4.30. The number of piperidine rings is 1. The highest BCUT2D eigenvalue weighted by molar-refractivity contribution is 14.0. The molecule has 0 bridgehead atoms. The second-order valence-electron chi connectivity index (χ2n) is 6.73. The molecule has 3 rings (SSSR count). The van der Waals surface area contributed by atoms with Gasteiger partial charge in [0.05, 0.1) is 5.00 Å². The van der Waals surface area contributed by atoms with Gasteiger partial charge in [0, 0.05) is 39.3 Å². The molecule has 0 amide bonds. The third-order valence-electron chi connectivity index (χ3n) is 4.92. The van der Waals surface area contributed by atoms with Crippen LogP contribution in [-0.2, 0) is 0 Å². The van der Waals surface area contributed by atoms with E-state index in [2.05, 4.69) is 50.0 Å². The molecule has 2 saturated heterocycles.